The van der Waals surface area contributed by atoms with Crippen molar-refractivity contribution < 1.29 is 5.11 Å². The lowest BCUT2D eigenvalue weighted by atomic mass is 9.90. The van der Waals surface area contributed by atoms with Crippen LogP contribution in [-0.4, -0.2) is 9.67 Å². The standard InChI is InChI=1S/C32H27NO/c1-32(2,34)29-15-9-7-11-24(29)20-22-16-19-30-28(21-22)27-18-17-23-10-6-8-14-26(23)31(27)33(30)25-12-4-3-5-13-25/h3-19,21,34H,20H2,1-2H3. The van der Waals surface area contributed by atoms with Gasteiger partial charge in [0.25, 0.3) is 0 Å². The number of rotatable bonds is 4. The van der Waals surface area contributed by atoms with E-state index < -0.39 is 5.60 Å². The topological polar surface area (TPSA) is 25.2 Å². The molecule has 0 aliphatic rings. The molecule has 0 saturated heterocycles. The zero-order valence-corrected chi connectivity index (χ0v) is 19.5. The van der Waals surface area contributed by atoms with E-state index in [9.17, 15) is 5.11 Å². The molecule has 0 unspecified atom stereocenters. The minimum absolute atomic E-state index is 0.779. The van der Waals surface area contributed by atoms with E-state index in [0.29, 0.717) is 0 Å². The van der Waals surface area contributed by atoms with E-state index in [4.69, 9.17) is 0 Å². The summed E-state index contributed by atoms with van der Waals surface area (Å²) in [6.07, 6.45) is 0.779. The van der Waals surface area contributed by atoms with Crippen molar-refractivity contribution in [2.24, 2.45) is 0 Å². The van der Waals surface area contributed by atoms with E-state index in [0.717, 1.165) is 17.5 Å². The summed E-state index contributed by atoms with van der Waals surface area (Å²) < 4.78 is 2.39. The molecule has 2 nitrogen and oxygen atoms in total. The summed E-state index contributed by atoms with van der Waals surface area (Å²) in [4.78, 5) is 0. The minimum atomic E-state index is -0.872. The van der Waals surface area contributed by atoms with Gasteiger partial charge in [0.1, 0.15) is 0 Å². The van der Waals surface area contributed by atoms with Crippen molar-refractivity contribution in [1.29, 1.82) is 0 Å². The molecular weight excluding hydrogens is 414 g/mol. The average Bonchev–Trinajstić information content (AvgIpc) is 3.18. The molecule has 2 heteroatoms. The summed E-state index contributed by atoms with van der Waals surface area (Å²) >= 11 is 0. The third-order valence-corrected chi connectivity index (χ3v) is 6.80. The van der Waals surface area contributed by atoms with E-state index >= 15 is 0 Å². The fourth-order valence-electron chi connectivity index (χ4n) is 5.27. The second kappa shape index (κ2) is 7.86. The highest BCUT2D eigenvalue weighted by Crippen LogP contribution is 2.37. The Balaban J connectivity index is 1.61. The first-order chi connectivity index (χ1) is 16.5. The fourth-order valence-corrected chi connectivity index (χ4v) is 5.27. The van der Waals surface area contributed by atoms with Crippen LogP contribution < -0.4 is 0 Å². The number of hydrogen-bond donors (Lipinski definition) is 1. The molecule has 0 bridgehead atoms. The number of hydrogen-bond acceptors (Lipinski definition) is 1. The number of para-hydroxylation sites is 1. The van der Waals surface area contributed by atoms with Gasteiger partial charge in [-0.25, -0.2) is 0 Å². The highest BCUT2D eigenvalue weighted by molar-refractivity contribution is 6.18. The van der Waals surface area contributed by atoms with Crippen LogP contribution in [0.2, 0.25) is 0 Å². The largest absolute Gasteiger partial charge is 0.386 e. The van der Waals surface area contributed by atoms with Crippen molar-refractivity contribution in [2.75, 3.05) is 0 Å². The van der Waals surface area contributed by atoms with Crippen molar-refractivity contribution in [2.45, 2.75) is 25.9 Å². The van der Waals surface area contributed by atoms with Gasteiger partial charge in [-0.3, -0.25) is 0 Å². The second-order valence-corrected chi connectivity index (χ2v) is 9.60. The van der Waals surface area contributed by atoms with Crippen LogP contribution in [0.5, 0.6) is 0 Å². The Morgan fingerprint density at radius 1 is 0.676 bits per heavy atom. The lowest BCUT2D eigenvalue weighted by Gasteiger charge is -2.21. The van der Waals surface area contributed by atoms with Gasteiger partial charge in [0.15, 0.2) is 0 Å². The molecule has 1 heterocycles. The Bertz CT molecular complexity index is 1650. The summed E-state index contributed by atoms with van der Waals surface area (Å²) in [7, 11) is 0. The van der Waals surface area contributed by atoms with Crippen molar-refractivity contribution in [3.8, 4) is 5.69 Å². The number of aromatic nitrogens is 1. The van der Waals surface area contributed by atoms with Crippen molar-refractivity contribution in [3.63, 3.8) is 0 Å². The summed E-state index contributed by atoms with van der Waals surface area (Å²) in [5.41, 5.74) is 6.12. The highest BCUT2D eigenvalue weighted by atomic mass is 16.3. The quantitative estimate of drug-likeness (QED) is 0.297. The van der Waals surface area contributed by atoms with Crippen LogP contribution in [0.4, 0.5) is 0 Å². The number of nitrogens with zero attached hydrogens (tertiary/aromatic N) is 1. The number of fused-ring (bicyclic) bond motifs is 5. The van der Waals surface area contributed by atoms with Crippen LogP contribution in [-0.2, 0) is 12.0 Å². The molecule has 166 valence electrons. The molecule has 1 N–H and O–H groups in total. The maximum Gasteiger partial charge on any atom is 0.0843 e. The van der Waals surface area contributed by atoms with Crippen molar-refractivity contribution in [3.05, 3.63) is 126 Å². The molecular formula is C32H27NO. The Kier molecular flexibility index (Phi) is 4.79. The Morgan fingerprint density at radius 2 is 1.41 bits per heavy atom. The van der Waals surface area contributed by atoms with Gasteiger partial charge in [-0.1, -0.05) is 84.9 Å². The molecule has 0 spiro atoms. The van der Waals surface area contributed by atoms with Crippen LogP contribution in [0.25, 0.3) is 38.3 Å². The summed E-state index contributed by atoms with van der Waals surface area (Å²) in [6.45, 7) is 3.71. The molecule has 0 aliphatic heterocycles. The maximum atomic E-state index is 10.7. The molecule has 0 saturated carbocycles. The Labute approximate surface area is 199 Å². The molecule has 6 rings (SSSR count). The first kappa shape index (κ1) is 20.7. The molecule has 0 radical (unpaired) electrons. The van der Waals surface area contributed by atoms with Crippen LogP contribution >= 0.6 is 0 Å². The zero-order chi connectivity index (χ0) is 23.3. The van der Waals surface area contributed by atoms with Gasteiger partial charge >= 0.3 is 0 Å². The van der Waals surface area contributed by atoms with E-state index in [1.54, 1.807) is 0 Å². The van der Waals surface area contributed by atoms with Crippen LogP contribution in [0, 0.1) is 0 Å². The number of benzene rings is 5. The maximum absolute atomic E-state index is 10.7. The van der Waals surface area contributed by atoms with Gasteiger partial charge in [0.05, 0.1) is 16.6 Å². The third kappa shape index (κ3) is 3.39. The predicted molar refractivity (Wildman–Crippen MR) is 143 cm³/mol. The van der Waals surface area contributed by atoms with Gasteiger partial charge in [-0.15, -0.1) is 0 Å². The fraction of sp³-hybridized carbons (Fsp3) is 0.125. The number of aliphatic hydroxyl groups is 1. The van der Waals surface area contributed by atoms with Crippen LogP contribution in [0.3, 0.4) is 0 Å². The normalized spacial score (nSPS) is 12.1. The highest BCUT2D eigenvalue weighted by Gasteiger charge is 2.20. The van der Waals surface area contributed by atoms with Crippen LogP contribution in [0.1, 0.15) is 30.5 Å². The van der Waals surface area contributed by atoms with Gasteiger partial charge in [-0.05, 0) is 66.6 Å². The molecule has 0 fully saturated rings. The smallest absolute Gasteiger partial charge is 0.0843 e. The van der Waals surface area contributed by atoms with Gasteiger partial charge in [0, 0.05) is 21.8 Å². The SMILES string of the molecule is CC(C)(O)c1ccccc1Cc1ccc2c(c1)c1ccc3ccccc3c1n2-c1ccccc1. The summed E-state index contributed by atoms with van der Waals surface area (Å²) in [5.74, 6) is 0. The van der Waals surface area contributed by atoms with E-state index in [2.05, 4.69) is 102 Å². The van der Waals surface area contributed by atoms with Gasteiger partial charge in [0.2, 0.25) is 0 Å². The van der Waals surface area contributed by atoms with E-state index in [1.807, 2.05) is 26.0 Å². The first-order valence-corrected chi connectivity index (χ1v) is 11.8. The monoisotopic (exact) mass is 441 g/mol. The molecule has 34 heavy (non-hydrogen) atoms. The average molecular weight is 442 g/mol. The molecule has 0 amide bonds. The Morgan fingerprint density at radius 3 is 2.24 bits per heavy atom. The lowest BCUT2D eigenvalue weighted by Crippen LogP contribution is -2.18. The summed E-state index contributed by atoms with van der Waals surface area (Å²) in [6, 6.07) is 38.7. The van der Waals surface area contributed by atoms with Gasteiger partial charge < -0.3 is 9.67 Å². The lowest BCUT2D eigenvalue weighted by molar-refractivity contribution is 0.0777. The molecule has 5 aromatic carbocycles. The second-order valence-electron chi connectivity index (χ2n) is 9.60. The molecule has 1 aromatic heterocycles. The third-order valence-electron chi connectivity index (χ3n) is 6.80. The van der Waals surface area contributed by atoms with E-state index in [-0.39, 0.29) is 0 Å². The minimum Gasteiger partial charge on any atom is -0.386 e. The van der Waals surface area contributed by atoms with Gasteiger partial charge in [-0.2, -0.15) is 0 Å². The zero-order valence-electron chi connectivity index (χ0n) is 19.5. The predicted octanol–water partition coefficient (Wildman–Crippen LogP) is 7.76. The van der Waals surface area contributed by atoms with Crippen molar-refractivity contribution >= 4 is 32.6 Å². The first-order valence-electron chi connectivity index (χ1n) is 11.8. The molecule has 0 aliphatic carbocycles. The summed E-state index contributed by atoms with van der Waals surface area (Å²) in [5, 5.41) is 15.7. The Hall–Kier alpha value is -3.88. The van der Waals surface area contributed by atoms with Crippen LogP contribution in [0.15, 0.2) is 109 Å². The molecule has 6 aromatic rings. The van der Waals surface area contributed by atoms with Crippen molar-refractivity contribution in [1.82, 2.24) is 4.57 Å². The van der Waals surface area contributed by atoms with E-state index in [1.165, 1.54) is 43.8 Å². The molecule has 0 atom stereocenters.